The number of urea groups is 1. The van der Waals surface area contributed by atoms with E-state index in [-0.39, 0.29) is 11.4 Å². The van der Waals surface area contributed by atoms with Crippen molar-refractivity contribution in [3.05, 3.63) is 23.9 Å². The molecule has 124 valence electrons. The zero-order valence-corrected chi connectivity index (χ0v) is 13.6. The van der Waals surface area contributed by atoms with Crippen molar-refractivity contribution in [2.45, 2.75) is 44.4 Å². The largest absolute Gasteiger partial charge is 0.379 e. The van der Waals surface area contributed by atoms with Crippen LogP contribution in [0.2, 0.25) is 0 Å². The van der Waals surface area contributed by atoms with Crippen molar-refractivity contribution in [2.75, 3.05) is 31.6 Å². The molecule has 2 amide bonds. The molecular formula is C18H25N3O2. The van der Waals surface area contributed by atoms with Gasteiger partial charge in [-0.3, -0.25) is 5.32 Å². The maximum absolute atomic E-state index is 12.6. The van der Waals surface area contributed by atoms with Crippen molar-refractivity contribution < 1.29 is 9.53 Å². The van der Waals surface area contributed by atoms with Gasteiger partial charge in [0, 0.05) is 24.7 Å². The molecular weight excluding hydrogens is 290 g/mol. The Morgan fingerprint density at radius 3 is 2.78 bits per heavy atom. The number of ether oxygens (including phenoxy) is 1. The second-order valence-corrected chi connectivity index (χ2v) is 7.36. The van der Waals surface area contributed by atoms with Crippen molar-refractivity contribution in [2.24, 2.45) is 5.41 Å². The van der Waals surface area contributed by atoms with Gasteiger partial charge in [-0.05, 0) is 43.2 Å². The molecule has 1 aliphatic heterocycles. The van der Waals surface area contributed by atoms with E-state index in [4.69, 9.17) is 4.74 Å². The Kier molecular flexibility index (Phi) is 3.97. The molecule has 1 aromatic rings. The fourth-order valence-electron chi connectivity index (χ4n) is 3.80. The summed E-state index contributed by atoms with van der Waals surface area (Å²) in [4.78, 5) is 18.9. The molecule has 1 spiro atoms. The molecule has 0 unspecified atom stereocenters. The van der Waals surface area contributed by atoms with Crippen molar-refractivity contribution in [1.29, 1.82) is 0 Å². The molecule has 3 fully saturated rings. The topological polar surface area (TPSA) is 54.5 Å². The van der Waals surface area contributed by atoms with Crippen LogP contribution in [0.3, 0.4) is 0 Å². The average Bonchev–Trinajstić information content (AvgIpc) is 2.70. The lowest BCUT2D eigenvalue weighted by molar-refractivity contribution is 0.0130. The molecule has 5 heteroatoms. The quantitative estimate of drug-likeness (QED) is 0.910. The Hall–Kier alpha value is -1.62. The van der Waals surface area contributed by atoms with Gasteiger partial charge in [-0.15, -0.1) is 0 Å². The van der Waals surface area contributed by atoms with Crippen LogP contribution in [0.15, 0.2) is 18.3 Å². The molecule has 0 aromatic carbocycles. The van der Waals surface area contributed by atoms with E-state index in [1.54, 1.807) is 0 Å². The maximum atomic E-state index is 12.6. The Balaban J connectivity index is 1.38. The summed E-state index contributed by atoms with van der Waals surface area (Å²) in [5.74, 6) is 1.32. The minimum atomic E-state index is -0.0503. The van der Waals surface area contributed by atoms with Crippen LogP contribution in [0.1, 0.15) is 50.0 Å². The lowest BCUT2D eigenvalue weighted by Gasteiger charge is -2.42. The van der Waals surface area contributed by atoms with Gasteiger partial charge < -0.3 is 9.64 Å². The predicted molar refractivity (Wildman–Crippen MR) is 88.5 cm³/mol. The molecule has 3 aliphatic rings. The molecule has 1 aromatic heterocycles. The smallest absolute Gasteiger partial charge is 0.323 e. The van der Waals surface area contributed by atoms with Gasteiger partial charge in [0.25, 0.3) is 0 Å². The number of carbonyl (C=O) groups excluding carboxylic acids is 1. The summed E-state index contributed by atoms with van der Waals surface area (Å²) in [6, 6.07) is 3.98. The normalized spacial score (nSPS) is 23.7. The molecule has 23 heavy (non-hydrogen) atoms. The van der Waals surface area contributed by atoms with Gasteiger partial charge in [-0.25, -0.2) is 9.78 Å². The van der Waals surface area contributed by atoms with Crippen LogP contribution in [0, 0.1) is 5.41 Å². The van der Waals surface area contributed by atoms with Gasteiger partial charge in [0.15, 0.2) is 0 Å². The minimum Gasteiger partial charge on any atom is -0.379 e. The van der Waals surface area contributed by atoms with Crippen LogP contribution >= 0.6 is 0 Å². The van der Waals surface area contributed by atoms with E-state index in [1.807, 2.05) is 17.2 Å². The zero-order chi connectivity index (χ0) is 15.7. The number of nitrogens with one attached hydrogen (secondary N) is 1. The first kappa shape index (κ1) is 14.9. The Morgan fingerprint density at radius 1 is 1.30 bits per heavy atom. The van der Waals surface area contributed by atoms with Crippen LogP contribution in [-0.2, 0) is 4.74 Å². The van der Waals surface area contributed by atoms with Gasteiger partial charge in [-0.2, -0.15) is 0 Å². The Bertz CT molecular complexity index is 564. The lowest BCUT2D eigenvalue weighted by atomic mass is 9.69. The number of aromatic nitrogens is 1. The number of rotatable bonds is 2. The molecule has 2 aliphatic carbocycles. The third kappa shape index (κ3) is 3.07. The van der Waals surface area contributed by atoms with Gasteiger partial charge in [0.2, 0.25) is 0 Å². The average molecular weight is 315 g/mol. The van der Waals surface area contributed by atoms with Crippen LogP contribution in [0.25, 0.3) is 0 Å². The van der Waals surface area contributed by atoms with Gasteiger partial charge in [0.1, 0.15) is 5.82 Å². The number of carbonyl (C=O) groups is 1. The molecule has 2 heterocycles. The number of amides is 2. The highest BCUT2D eigenvalue weighted by atomic mass is 16.5. The maximum Gasteiger partial charge on any atom is 0.323 e. The van der Waals surface area contributed by atoms with E-state index in [2.05, 4.69) is 16.4 Å². The summed E-state index contributed by atoms with van der Waals surface area (Å²) in [7, 11) is 0. The van der Waals surface area contributed by atoms with Crippen molar-refractivity contribution in [3.63, 3.8) is 0 Å². The molecule has 5 nitrogen and oxygen atoms in total. The molecule has 1 N–H and O–H groups in total. The summed E-state index contributed by atoms with van der Waals surface area (Å²) in [6.45, 7) is 2.89. The summed E-state index contributed by atoms with van der Waals surface area (Å²) in [6.07, 6.45) is 9.37. The summed E-state index contributed by atoms with van der Waals surface area (Å²) < 4.78 is 5.71. The van der Waals surface area contributed by atoms with Gasteiger partial charge in [-0.1, -0.05) is 18.9 Å². The fourth-order valence-corrected chi connectivity index (χ4v) is 3.80. The number of hydrogen-bond donors (Lipinski definition) is 1. The van der Waals surface area contributed by atoms with Gasteiger partial charge >= 0.3 is 6.03 Å². The Labute approximate surface area is 137 Å². The highest BCUT2D eigenvalue weighted by Gasteiger charge is 2.41. The zero-order valence-electron chi connectivity index (χ0n) is 13.6. The summed E-state index contributed by atoms with van der Waals surface area (Å²) >= 11 is 0. The molecule has 0 radical (unpaired) electrons. The van der Waals surface area contributed by atoms with Crippen LogP contribution in [0.5, 0.6) is 0 Å². The van der Waals surface area contributed by atoms with E-state index < -0.39 is 0 Å². The number of nitrogens with zero attached hydrogens (tertiary/aromatic N) is 2. The first-order valence-electron chi connectivity index (χ1n) is 8.84. The lowest BCUT2D eigenvalue weighted by Crippen LogP contribution is -2.46. The van der Waals surface area contributed by atoms with E-state index in [9.17, 15) is 4.79 Å². The highest BCUT2D eigenvalue weighted by Crippen LogP contribution is 2.42. The van der Waals surface area contributed by atoms with E-state index in [0.29, 0.717) is 24.9 Å². The SMILES string of the molecule is O=C(Nc1ccc(C2CCC2)cn1)N1CCOCC2(CCC2)C1. The predicted octanol–water partition coefficient (Wildman–Crippen LogP) is 3.38. The first-order valence-corrected chi connectivity index (χ1v) is 8.84. The first-order chi connectivity index (χ1) is 11.2. The number of anilines is 1. The molecule has 0 atom stereocenters. The fraction of sp³-hybridized carbons (Fsp3) is 0.667. The van der Waals surface area contributed by atoms with Gasteiger partial charge in [0.05, 0.1) is 13.2 Å². The van der Waals surface area contributed by atoms with E-state index >= 15 is 0 Å². The number of hydrogen-bond acceptors (Lipinski definition) is 3. The summed E-state index contributed by atoms with van der Waals surface area (Å²) in [5, 5.41) is 2.95. The standard InChI is InChI=1S/C18H25N3O2/c22-17(21-9-10-23-13-18(12-21)7-2-8-18)20-16-6-5-15(11-19-16)14-3-1-4-14/h5-6,11,14H,1-4,7-10,12-13H2,(H,19,20,22). The molecule has 1 saturated heterocycles. The second-order valence-electron chi connectivity index (χ2n) is 7.36. The number of pyridine rings is 1. The Morgan fingerprint density at radius 2 is 2.17 bits per heavy atom. The molecule has 4 rings (SSSR count). The van der Waals surface area contributed by atoms with E-state index in [0.717, 1.165) is 13.2 Å². The van der Waals surface area contributed by atoms with Crippen molar-refractivity contribution >= 4 is 11.8 Å². The molecule has 2 saturated carbocycles. The third-order valence-corrected chi connectivity index (χ3v) is 5.74. The van der Waals surface area contributed by atoms with Crippen LogP contribution in [-0.4, -0.2) is 42.2 Å². The third-order valence-electron chi connectivity index (χ3n) is 5.74. The highest BCUT2D eigenvalue weighted by molar-refractivity contribution is 5.88. The second kappa shape index (κ2) is 6.11. The van der Waals surface area contributed by atoms with Crippen LogP contribution in [0.4, 0.5) is 10.6 Å². The minimum absolute atomic E-state index is 0.0503. The van der Waals surface area contributed by atoms with Crippen molar-refractivity contribution in [1.82, 2.24) is 9.88 Å². The van der Waals surface area contributed by atoms with E-state index in [1.165, 1.54) is 44.1 Å². The molecule has 0 bridgehead atoms. The van der Waals surface area contributed by atoms with Crippen molar-refractivity contribution in [3.8, 4) is 0 Å². The van der Waals surface area contributed by atoms with Crippen LogP contribution < -0.4 is 5.32 Å². The summed E-state index contributed by atoms with van der Waals surface area (Å²) in [5.41, 5.74) is 1.50. The monoisotopic (exact) mass is 315 g/mol.